The van der Waals surface area contributed by atoms with Gasteiger partial charge in [0.15, 0.2) is 0 Å². The number of benzene rings is 1. The Morgan fingerprint density at radius 3 is 2.39 bits per heavy atom. The van der Waals surface area contributed by atoms with E-state index in [4.69, 9.17) is 5.11 Å². The van der Waals surface area contributed by atoms with Crippen molar-refractivity contribution >= 4 is 5.52 Å². The van der Waals surface area contributed by atoms with E-state index in [1.165, 1.54) is 22.2 Å². The van der Waals surface area contributed by atoms with Crippen LogP contribution in [0.5, 0.6) is 0 Å². The molecule has 1 aromatic carbocycles. The summed E-state index contributed by atoms with van der Waals surface area (Å²) in [5, 5.41) is 9.04. The maximum atomic E-state index is 9.04. The number of nitrogens with zero attached hydrogens (tertiary/aromatic N) is 1. The fraction of sp³-hybridized carbons (Fsp3) is 0.125. The summed E-state index contributed by atoms with van der Waals surface area (Å²) in [6.07, 6.45) is 4.26. The number of aliphatic hydroxyl groups is 1. The van der Waals surface area contributed by atoms with Gasteiger partial charge in [0, 0.05) is 17.9 Å². The van der Waals surface area contributed by atoms with Crippen molar-refractivity contribution in [3.05, 3.63) is 66.0 Å². The number of aryl methyl sites for hydroxylation is 1. The Kier molecular flexibility index (Phi) is 2.65. The second kappa shape index (κ2) is 4.31. The van der Waals surface area contributed by atoms with E-state index in [9.17, 15) is 0 Å². The Bertz CT molecular complexity index is 680. The summed E-state index contributed by atoms with van der Waals surface area (Å²) >= 11 is 0. The molecule has 2 aromatic heterocycles. The van der Waals surface area contributed by atoms with Gasteiger partial charge in [0.05, 0.1) is 6.61 Å². The predicted molar refractivity (Wildman–Crippen MR) is 73.5 cm³/mol. The van der Waals surface area contributed by atoms with Gasteiger partial charge in [0.1, 0.15) is 0 Å². The quantitative estimate of drug-likeness (QED) is 0.725. The van der Waals surface area contributed by atoms with Gasteiger partial charge in [0.25, 0.3) is 0 Å². The fourth-order valence-electron chi connectivity index (χ4n) is 2.23. The average Bonchev–Trinajstić information content (AvgIpc) is 2.78. The summed E-state index contributed by atoms with van der Waals surface area (Å²) in [5.74, 6) is 0. The van der Waals surface area contributed by atoms with E-state index in [0.717, 1.165) is 5.56 Å². The first-order valence-corrected chi connectivity index (χ1v) is 6.05. The Morgan fingerprint density at radius 2 is 1.67 bits per heavy atom. The van der Waals surface area contributed by atoms with Crippen LogP contribution in [0.15, 0.2) is 54.9 Å². The van der Waals surface area contributed by atoms with Crippen LogP contribution < -0.4 is 0 Å². The number of pyridine rings is 1. The lowest BCUT2D eigenvalue weighted by Crippen LogP contribution is -1.86. The van der Waals surface area contributed by atoms with Crippen molar-refractivity contribution < 1.29 is 5.11 Å². The first kappa shape index (κ1) is 11.1. The number of aromatic nitrogens is 1. The van der Waals surface area contributed by atoms with Gasteiger partial charge in [0.2, 0.25) is 0 Å². The zero-order valence-corrected chi connectivity index (χ0v) is 10.3. The molecule has 3 rings (SSSR count). The number of hydrogen-bond acceptors (Lipinski definition) is 1. The third-order valence-corrected chi connectivity index (χ3v) is 3.20. The van der Waals surface area contributed by atoms with Crippen LogP contribution in [0.25, 0.3) is 16.6 Å². The molecule has 0 aliphatic rings. The van der Waals surface area contributed by atoms with Gasteiger partial charge in [-0.05, 0) is 41.3 Å². The molecule has 0 saturated heterocycles. The van der Waals surface area contributed by atoms with Gasteiger partial charge in [-0.15, -0.1) is 0 Å². The van der Waals surface area contributed by atoms with Gasteiger partial charge in [-0.2, -0.15) is 0 Å². The first-order valence-electron chi connectivity index (χ1n) is 6.05. The molecule has 2 heterocycles. The maximum Gasteiger partial charge on any atom is 0.0681 e. The molecule has 0 fully saturated rings. The van der Waals surface area contributed by atoms with Crippen LogP contribution in [-0.2, 0) is 6.61 Å². The van der Waals surface area contributed by atoms with Gasteiger partial charge >= 0.3 is 0 Å². The molecule has 0 spiro atoms. The standard InChI is InChI=1S/C16H15NO/c1-12-8-16-7-6-15(10-17(16)9-12)14-4-2-13(11-18)3-5-14/h2-10,18H,11H2,1H3. The average molecular weight is 237 g/mol. The SMILES string of the molecule is Cc1cc2ccc(-c3ccc(CO)cc3)cn2c1. The summed E-state index contributed by atoms with van der Waals surface area (Å²) in [6, 6.07) is 14.4. The molecule has 0 saturated carbocycles. The van der Waals surface area contributed by atoms with E-state index >= 15 is 0 Å². The normalized spacial score (nSPS) is 11.0. The molecular weight excluding hydrogens is 222 g/mol. The van der Waals surface area contributed by atoms with Crippen LogP contribution in [0.3, 0.4) is 0 Å². The van der Waals surface area contributed by atoms with Crippen LogP contribution in [-0.4, -0.2) is 9.51 Å². The van der Waals surface area contributed by atoms with Gasteiger partial charge in [-0.25, -0.2) is 0 Å². The van der Waals surface area contributed by atoms with E-state index < -0.39 is 0 Å². The van der Waals surface area contributed by atoms with Gasteiger partial charge in [-0.1, -0.05) is 30.3 Å². The smallest absolute Gasteiger partial charge is 0.0681 e. The van der Waals surface area contributed by atoms with Crippen molar-refractivity contribution in [3.63, 3.8) is 0 Å². The zero-order chi connectivity index (χ0) is 12.5. The fourth-order valence-corrected chi connectivity index (χ4v) is 2.23. The van der Waals surface area contributed by atoms with Gasteiger partial charge < -0.3 is 9.51 Å². The minimum atomic E-state index is 0.0934. The molecule has 0 bridgehead atoms. The van der Waals surface area contributed by atoms with Crippen molar-refractivity contribution in [3.8, 4) is 11.1 Å². The highest BCUT2D eigenvalue weighted by molar-refractivity contribution is 5.66. The minimum Gasteiger partial charge on any atom is -0.392 e. The molecule has 0 amide bonds. The van der Waals surface area contributed by atoms with Gasteiger partial charge in [-0.3, -0.25) is 0 Å². The highest BCUT2D eigenvalue weighted by Crippen LogP contribution is 2.21. The first-order chi connectivity index (χ1) is 8.76. The summed E-state index contributed by atoms with van der Waals surface area (Å²) in [6.45, 7) is 2.19. The van der Waals surface area contributed by atoms with Crippen LogP contribution in [0.2, 0.25) is 0 Å². The second-order valence-corrected chi connectivity index (χ2v) is 4.62. The molecule has 90 valence electrons. The molecular formula is C16H15NO. The Morgan fingerprint density at radius 1 is 0.944 bits per heavy atom. The summed E-state index contributed by atoms with van der Waals surface area (Å²) in [7, 11) is 0. The van der Waals surface area contributed by atoms with Crippen molar-refractivity contribution in [2.24, 2.45) is 0 Å². The molecule has 0 unspecified atom stereocenters. The van der Waals surface area contributed by atoms with Crippen LogP contribution >= 0.6 is 0 Å². The van der Waals surface area contributed by atoms with E-state index in [2.05, 4.69) is 41.9 Å². The number of aliphatic hydroxyl groups excluding tert-OH is 1. The van der Waals surface area contributed by atoms with Crippen LogP contribution in [0.1, 0.15) is 11.1 Å². The lowest BCUT2D eigenvalue weighted by Gasteiger charge is -2.04. The topological polar surface area (TPSA) is 24.6 Å². The van der Waals surface area contributed by atoms with E-state index in [1.54, 1.807) is 0 Å². The molecule has 3 aromatic rings. The number of hydrogen-bond donors (Lipinski definition) is 1. The third kappa shape index (κ3) is 1.91. The molecule has 0 atom stereocenters. The van der Waals surface area contributed by atoms with Crippen molar-refractivity contribution in [2.45, 2.75) is 13.5 Å². The maximum absolute atomic E-state index is 9.04. The zero-order valence-electron chi connectivity index (χ0n) is 10.3. The minimum absolute atomic E-state index is 0.0934. The van der Waals surface area contributed by atoms with Crippen molar-refractivity contribution in [1.82, 2.24) is 4.40 Å². The van der Waals surface area contributed by atoms with Crippen LogP contribution in [0.4, 0.5) is 0 Å². The number of rotatable bonds is 2. The molecule has 18 heavy (non-hydrogen) atoms. The van der Waals surface area contributed by atoms with Crippen molar-refractivity contribution in [1.29, 1.82) is 0 Å². The van der Waals surface area contributed by atoms with E-state index in [1.807, 2.05) is 24.3 Å². The highest BCUT2D eigenvalue weighted by Gasteiger charge is 2.01. The lowest BCUT2D eigenvalue weighted by atomic mass is 10.1. The molecule has 1 N–H and O–H groups in total. The molecule has 0 radical (unpaired) electrons. The molecule has 2 heteroatoms. The largest absolute Gasteiger partial charge is 0.392 e. The van der Waals surface area contributed by atoms with Crippen LogP contribution in [0, 0.1) is 6.92 Å². The Labute approximate surface area is 106 Å². The van der Waals surface area contributed by atoms with E-state index in [0.29, 0.717) is 0 Å². The predicted octanol–water partition coefficient (Wildman–Crippen LogP) is 3.41. The summed E-state index contributed by atoms with van der Waals surface area (Å²) < 4.78 is 2.14. The monoisotopic (exact) mass is 237 g/mol. The van der Waals surface area contributed by atoms with E-state index in [-0.39, 0.29) is 6.61 Å². The second-order valence-electron chi connectivity index (χ2n) is 4.62. The molecule has 2 nitrogen and oxygen atoms in total. The Hall–Kier alpha value is -2.06. The summed E-state index contributed by atoms with van der Waals surface area (Å²) in [4.78, 5) is 0. The third-order valence-electron chi connectivity index (χ3n) is 3.20. The van der Waals surface area contributed by atoms with Crippen molar-refractivity contribution in [2.75, 3.05) is 0 Å². The lowest BCUT2D eigenvalue weighted by molar-refractivity contribution is 0.282. The summed E-state index contributed by atoms with van der Waals surface area (Å²) in [5.41, 5.74) is 5.77. The molecule has 0 aliphatic carbocycles. The highest BCUT2D eigenvalue weighted by atomic mass is 16.3. The Balaban J connectivity index is 2.06. The number of fused-ring (bicyclic) bond motifs is 1. The molecule has 0 aliphatic heterocycles.